The van der Waals surface area contributed by atoms with E-state index in [2.05, 4.69) is 0 Å². The summed E-state index contributed by atoms with van der Waals surface area (Å²) in [7, 11) is 0. The normalized spacial score (nSPS) is 11.1. The number of ether oxygens (including phenoxy) is 3. The summed E-state index contributed by atoms with van der Waals surface area (Å²) in [6.45, 7) is 7.05. The van der Waals surface area contributed by atoms with E-state index in [9.17, 15) is 9.59 Å². The first-order valence-electron chi connectivity index (χ1n) is 8.61. The standard InChI is InChI=1S/C19H28O5/c1-4-14-22-15-10-13-19(17(20)23-5-2,18(21)24-6-3)16-11-8-7-9-12-16/h7-9,11-12H,4-6,10,13-15H2,1-3H3. The van der Waals surface area contributed by atoms with E-state index in [1.807, 2.05) is 13.0 Å². The van der Waals surface area contributed by atoms with Gasteiger partial charge in [-0.15, -0.1) is 0 Å². The summed E-state index contributed by atoms with van der Waals surface area (Å²) in [4.78, 5) is 25.5. The molecule has 0 fully saturated rings. The minimum absolute atomic E-state index is 0.207. The molecule has 134 valence electrons. The van der Waals surface area contributed by atoms with Crippen LogP contribution < -0.4 is 0 Å². The van der Waals surface area contributed by atoms with Gasteiger partial charge in [0.2, 0.25) is 0 Å². The summed E-state index contributed by atoms with van der Waals surface area (Å²) < 4.78 is 15.9. The highest BCUT2D eigenvalue weighted by Gasteiger charge is 2.49. The van der Waals surface area contributed by atoms with Crippen LogP contribution in [0.4, 0.5) is 0 Å². The van der Waals surface area contributed by atoms with Gasteiger partial charge in [-0.25, -0.2) is 0 Å². The van der Waals surface area contributed by atoms with Gasteiger partial charge >= 0.3 is 11.9 Å². The van der Waals surface area contributed by atoms with Crippen LogP contribution in [-0.2, 0) is 29.2 Å². The summed E-state index contributed by atoms with van der Waals surface area (Å²) in [6.07, 6.45) is 1.78. The SMILES string of the molecule is CCCOCCCC(C(=O)OCC)(C(=O)OCC)c1ccccc1. The van der Waals surface area contributed by atoms with Crippen LogP contribution in [0.25, 0.3) is 0 Å². The molecule has 1 aromatic carbocycles. The second-order valence-electron chi connectivity index (χ2n) is 5.43. The monoisotopic (exact) mass is 336 g/mol. The fourth-order valence-electron chi connectivity index (χ4n) is 2.58. The van der Waals surface area contributed by atoms with Crippen LogP contribution >= 0.6 is 0 Å². The first kappa shape index (κ1) is 20.2. The number of carbonyl (C=O) groups is 2. The maximum absolute atomic E-state index is 12.7. The highest BCUT2D eigenvalue weighted by Crippen LogP contribution is 2.33. The van der Waals surface area contributed by atoms with Gasteiger partial charge in [-0.1, -0.05) is 37.3 Å². The topological polar surface area (TPSA) is 61.8 Å². The van der Waals surface area contributed by atoms with Gasteiger partial charge in [-0.05, 0) is 38.7 Å². The molecular formula is C19H28O5. The van der Waals surface area contributed by atoms with Crippen molar-refractivity contribution in [2.24, 2.45) is 0 Å². The van der Waals surface area contributed by atoms with Gasteiger partial charge in [0.25, 0.3) is 0 Å². The Hall–Kier alpha value is -1.88. The van der Waals surface area contributed by atoms with Gasteiger partial charge in [-0.2, -0.15) is 0 Å². The molecule has 0 aliphatic heterocycles. The molecule has 0 saturated carbocycles. The van der Waals surface area contributed by atoms with Gasteiger partial charge < -0.3 is 14.2 Å². The number of hydrogen-bond donors (Lipinski definition) is 0. The molecule has 1 aromatic rings. The second kappa shape index (κ2) is 10.8. The maximum Gasteiger partial charge on any atom is 0.328 e. The van der Waals surface area contributed by atoms with E-state index in [-0.39, 0.29) is 13.2 Å². The van der Waals surface area contributed by atoms with Crippen molar-refractivity contribution in [2.45, 2.75) is 45.4 Å². The van der Waals surface area contributed by atoms with Gasteiger partial charge in [0.15, 0.2) is 5.41 Å². The van der Waals surface area contributed by atoms with Crippen molar-refractivity contribution in [3.05, 3.63) is 35.9 Å². The Labute approximate surface area is 144 Å². The summed E-state index contributed by atoms with van der Waals surface area (Å²) >= 11 is 0. The highest BCUT2D eigenvalue weighted by molar-refractivity contribution is 6.06. The molecule has 0 atom stereocenters. The van der Waals surface area contributed by atoms with Gasteiger partial charge in [0.05, 0.1) is 13.2 Å². The van der Waals surface area contributed by atoms with E-state index in [0.29, 0.717) is 31.6 Å². The van der Waals surface area contributed by atoms with Crippen molar-refractivity contribution >= 4 is 11.9 Å². The van der Waals surface area contributed by atoms with E-state index >= 15 is 0 Å². The van der Waals surface area contributed by atoms with Crippen LogP contribution in [0.15, 0.2) is 30.3 Å². The molecule has 0 aliphatic carbocycles. The Balaban J connectivity index is 3.12. The van der Waals surface area contributed by atoms with Gasteiger partial charge in [-0.3, -0.25) is 9.59 Å². The fraction of sp³-hybridized carbons (Fsp3) is 0.579. The van der Waals surface area contributed by atoms with Crippen LogP contribution in [0, 0.1) is 0 Å². The molecular weight excluding hydrogens is 308 g/mol. The molecule has 24 heavy (non-hydrogen) atoms. The van der Waals surface area contributed by atoms with E-state index in [0.717, 1.165) is 6.42 Å². The zero-order valence-corrected chi connectivity index (χ0v) is 14.9. The number of benzene rings is 1. The predicted octanol–water partition coefficient (Wildman–Crippen LogP) is 3.26. The Bertz CT molecular complexity index is 480. The molecule has 0 radical (unpaired) electrons. The predicted molar refractivity (Wildman–Crippen MR) is 91.7 cm³/mol. The minimum atomic E-state index is -1.44. The van der Waals surface area contributed by atoms with Crippen molar-refractivity contribution in [2.75, 3.05) is 26.4 Å². The molecule has 0 unspecified atom stereocenters. The number of hydrogen-bond acceptors (Lipinski definition) is 5. The lowest BCUT2D eigenvalue weighted by Gasteiger charge is -2.29. The fourth-order valence-corrected chi connectivity index (χ4v) is 2.58. The van der Waals surface area contributed by atoms with E-state index in [1.165, 1.54) is 0 Å². The molecule has 5 heteroatoms. The highest BCUT2D eigenvalue weighted by atomic mass is 16.6. The minimum Gasteiger partial charge on any atom is -0.465 e. The third kappa shape index (κ3) is 5.06. The van der Waals surface area contributed by atoms with Crippen LogP contribution in [0.5, 0.6) is 0 Å². The van der Waals surface area contributed by atoms with Gasteiger partial charge in [0.1, 0.15) is 0 Å². The van der Waals surface area contributed by atoms with Crippen molar-refractivity contribution in [1.82, 2.24) is 0 Å². The maximum atomic E-state index is 12.7. The lowest BCUT2D eigenvalue weighted by atomic mass is 9.76. The number of esters is 2. The third-order valence-corrected chi connectivity index (χ3v) is 3.70. The molecule has 0 saturated heterocycles. The lowest BCUT2D eigenvalue weighted by molar-refractivity contribution is -0.165. The zero-order valence-electron chi connectivity index (χ0n) is 14.9. The summed E-state index contributed by atoms with van der Waals surface area (Å²) in [5.41, 5.74) is -0.847. The lowest BCUT2D eigenvalue weighted by Crippen LogP contribution is -2.46. The largest absolute Gasteiger partial charge is 0.465 e. The van der Waals surface area contributed by atoms with Crippen molar-refractivity contribution in [1.29, 1.82) is 0 Å². The van der Waals surface area contributed by atoms with Crippen LogP contribution in [0.3, 0.4) is 0 Å². The average molecular weight is 336 g/mol. The molecule has 0 aromatic heterocycles. The molecule has 1 rings (SSSR count). The number of rotatable bonds is 11. The molecule has 5 nitrogen and oxygen atoms in total. The van der Waals surface area contributed by atoms with Crippen molar-refractivity contribution in [3.8, 4) is 0 Å². The first-order chi connectivity index (χ1) is 11.6. The van der Waals surface area contributed by atoms with Crippen molar-refractivity contribution in [3.63, 3.8) is 0 Å². The zero-order chi connectivity index (χ0) is 17.8. The average Bonchev–Trinajstić information content (AvgIpc) is 2.59. The molecule has 0 N–H and O–H groups in total. The third-order valence-electron chi connectivity index (χ3n) is 3.70. The van der Waals surface area contributed by atoms with Gasteiger partial charge in [0, 0.05) is 13.2 Å². The van der Waals surface area contributed by atoms with Crippen LogP contribution in [0.2, 0.25) is 0 Å². The second-order valence-corrected chi connectivity index (χ2v) is 5.43. The van der Waals surface area contributed by atoms with E-state index < -0.39 is 17.4 Å². The smallest absolute Gasteiger partial charge is 0.328 e. The quantitative estimate of drug-likeness (QED) is 0.353. The molecule has 0 spiro atoms. The molecule has 0 aliphatic rings. The van der Waals surface area contributed by atoms with Crippen molar-refractivity contribution < 1.29 is 23.8 Å². The van der Waals surface area contributed by atoms with E-state index in [1.54, 1.807) is 38.1 Å². The summed E-state index contributed by atoms with van der Waals surface area (Å²) in [6, 6.07) is 8.97. The summed E-state index contributed by atoms with van der Waals surface area (Å²) in [5, 5.41) is 0. The Morgan fingerprint density at radius 3 is 2.00 bits per heavy atom. The van der Waals surface area contributed by atoms with E-state index in [4.69, 9.17) is 14.2 Å². The Morgan fingerprint density at radius 2 is 1.50 bits per heavy atom. The van der Waals surface area contributed by atoms with Crippen LogP contribution in [-0.4, -0.2) is 38.4 Å². The molecule has 0 bridgehead atoms. The first-order valence-corrected chi connectivity index (χ1v) is 8.61. The number of carbonyl (C=O) groups excluding carboxylic acids is 2. The Morgan fingerprint density at radius 1 is 0.917 bits per heavy atom. The van der Waals surface area contributed by atoms with Crippen LogP contribution in [0.1, 0.15) is 45.6 Å². The molecule has 0 heterocycles. The molecule has 0 amide bonds. The summed E-state index contributed by atoms with van der Waals surface area (Å²) in [5.74, 6) is -1.13. The Kier molecular flexibility index (Phi) is 9.08.